The standard InChI is InChI=1S/C27H26ClF2N5O2/c1-16-13-18(11-12-31-16)25(36)32-20-6-8-21(9-7-20)33-27(34-22-4-2-3-19(28)15-22)35-26(37)17-5-10-23(29)24(30)14-17/h2-5,10-15,20-21H,6-9H2,1H3,(H,32,36)(H2,33,34,35,37). The van der Waals surface area contributed by atoms with Crippen LogP contribution in [0.1, 0.15) is 52.1 Å². The predicted octanol–water partition coefficient (Wildman–Crippen LogP) is 5.26. The molecule has 1 fully saturated rings. The normalized spacial score (nSPS) is 17.7. The van der Waals surface area contributed by atoms with Gasteiger partial charge < -0.3 is 10.6 Å². The Bertz CT molecular complexity index is 1330. The van der Waals surface area contributed by atoms with Crippen LogP contribution in [0.3, 0.4) is 0 Å². The highest BCUT2D eigenvalue weighted by Crippen LogP contribution is 2.22. The van der Waals surface area contributed by atoms with Crippen LogP contribution in [0.5, 0.6) is 0 Å². The molecule has 0 atom stereocenters. The minimum absolute atomic E-state index is 0.00791. The number of aromatic nitrogens is 1. The number of carbonyl (C=O) groups is 2. The Morgan fingerprint density at radius 1 is 0.946 bits per heavy atom. The van der Waals surface area contributed by atoms with E-state index in [4.69, 9.17) is 16.6 Å². The highest BCUT2D eigenvalue weighted by Gasteiger charge is 2.24. The first-order valence-corrected chi connectivity index (χ1v) is 12.2. The van der Waals surface area contributed by atoms with Crippen molar-refractivity contribution in [1.29, 1.82) is 0 Å². The number of pyridine rings is 1. The molecular formula is C27H26ClF2N5O2. The predicted molar refractivity (Wildman–Crippen MR) is 139 cm³/mol. The van der Waals surface area contributed by atoms with E-state index in [-0.39, 0.29) is 29.5 Å². The van der Waals surface area contributed by atoms with Gasteiger partial charge in [-0.15, -0.1) is 0 Å². The van der Waals surface area contributed by atoms with Gasteiger partial charge in [-0.1, -0.05) is 17.7 Å². The second-order valence-corrected chi connectivity index (χ2v) is 9.30. The Morgan fingerprint density at radius 3 is 2.41 bits per heavy atom. The van der Waals surface area contributed by atoms with E-state index < -0.39 is 17.5 Å². The number of hydrogen-bond acceptors (Lipinski definition) is 4. The van der Waals surface area contributed by atoms with Crippen molar-refractivity contribution >= 4 is 35.1 Å². The molecule has 7 nitrogen and oxygen atoms in total. The van der Waals surface area contributed by atoms with Crippen LogP contribution < -0.4 is 16.0 Å². The fourth-order valence-corrected chi connectivity index (χ4v) is 4.29. The fraction of sp³-hybridized carbons (Fsp3) is 0.259. The number of guanidine groups is 1. The summed E-state index contributed by atoms with van der Waals surface area (Å²) in [6.45, 7) is 1.83. The van der Waals surface area contributed by atoms with E-state index in [1.807, 2.05) is 6.92 Å². The summed E-state index contributed by atoms with van der Waals surface area (Å²) in [7, 11) is 0. The van der Waals surface area contributed by atoms with Crippen molar-refractivity contribution in [3.8, 4) is 0 Å². The minimum atomic E-state index is -1.11. The van der Waals surface area contributed by atoms with Crippen LogP contribution in [-0.2, 0) is 0 Å². The Hall–Kier alpha value is -3.85. The Balaban J connectivity index is 1.43. The third kappa shape index (κ3) is 7.33. The van der Waals surface area contributed by atoms with Gasteiger partial charge in [0.05, 0.1) is 6.04 Å². The number of anilines is 1. The van der Waals surface area contributed by atoms with Gasteiger partial charge in [0.2, 0.25) is 5.96 Å². The first-order valence-electron chi connectivity index (χ1n) is 11.9. The molecule has 4 rings (SSSR count). The molecule has 2 amide bonds. The maximum absolute atomic E-state index is 13.6. The lowest BCUT2D eigenvalue weighted by atomic mass is 9.91. The summed E-state index contributed by atoms with van der Waals surface area (Å²) in [5.74, 6) is -2.77. The van der Waals surface area contributed by atoms with E-state index >= 15 is 0 Å². The lowest BCUT2D eigenvalue weighted by molar-refractivity contribution is 0.0923. The number of amides is 2. The van der Waals surface area contributed by atoms with Crippen molar-refractivity contribution in [3.05, 3.63) is 94.3 Å². The molecule has 3 N–H and O–H groups in total. The van der Waals surface area contributed by atoms with Gasteiger partial charge in [0.15, 0.2) is 11.6 Å². The highest BCUT2D eigenvalue weighted by atomic mass is 35.5. The molecule has 2 aromatic carbocycles. The molecule has 0 bridgehead atoms. The Kier molecular flexibility index (Phi) is 8.45. The largest absolute Gasteiger partial charge is 0.349 e. The lowest BCUT2D eigenvalue weighted by Gasteiger charge is -2.27. The van der Waals surface area contributed by atoms with Crippen LogP contribution in [0.4, 0.5) is 14.5 Å². The smallest absolute Gasteiger partial charge is 0.258 e. The molecule has 3 aromatic rings. The van der Waals surface area contributed by atoms with Gasteiger partial charge in [-0.25, -0.2) is 13.8 Å². The van der Waals surface area contributed by atoms with Crippen molar-refractivity contribution in [1.82, 2.24) is 15.6 Å². The summed E-state index contributed by atoms with van der Waals surface area (Å²) >= 11 is 6.08. The Morgan fingerprint density at radius 2 is 1.70 bits per heavy atom. The Labute approximate surface area is 218 Å². The second kappa shape index (κ2) is 11.9. The molecule has 192 valence electrons. The van der Waals surface area contributed by atoms with Crippen LogP contribution in [0.25, 0.3) is 0 Å². The van der Waals surface area contributed by atoms with Crippen molar-refractivity contribution in [2.45, 2.75) is 44.7 Å². The van der Waals surface area contributed by atoms with E-state index in [1.54, 1.807) is 42.6 Å². The number of halogens is 3. The number of carbonyl (C=O) groups excluding carboxylic acids is 2. The summed E-state index contributed by atoms with van der Waals surface area (Å²) in [5, 5.41) is 9.27. The highest BCUT2D eigenvalue weighted by molar-refractivity contribution is 6.31. The molecule has 0 unspecified atom stereocenters. The molecule has 10 heteroatoms. The van der Waals surface area contributed by atoms with E-state index in [2.05, 4.69) is 20.9 Å². The summed E-state index contributed by atoms with van der Waals surface area (Å²) in [6.07, 6.45) is 4.40. The SMILES string of the molecule is Cc1cc(C(=O)NC2CCC(N=C(NC(=O)c3ccc(F)c(F)c3)Nc3cccc(Cl)c3)CC2)ccn1. The quantitative estimate of drug-likeness (QED) is 0.313. The summed E-state index contributed by atoms with van der Waals surface area (Å²) in [4.78, 5) is 34.1. The molecule has 1 aliphatic rings. The van der Waals surface area contributed by atoms with Crippen molar-refractivity contribution in [2.75, 3.05) is 5.32 Å². The van der Waals surface area contributed by atoms with Crippen LogP contribution in [-0.4, -0.2) is 34.8 Å². The summed E-state index contributed by atoms with van der Waals surface area (Å²) in [5.41, 5.74) is 1.90. The van der Waals surface area contributed by atoms with E-state index in [0.717, 1.165) is 17.8 Å². The van der Waals surface area contributed by atoms with Crippen LogP contribution in [0, 0.1) is 18.6 Å². The molecule has 1 saturated carbocycles. The zero-order valence-electron chi connectivity index (χ0n) is 20.1. The molecule has 37 heavy (non-hydrogen) atoms. The minimum Gasteiger partial charge on any atom is -0.349 e. The molecule has 0 spiro atoms. The van der Waals surface area contributed by atoms with E-state index in [0.29, 0.717) is 42.0 Å². The molecule has 0 saturated heterocycles. The van der Waals surface area contributed by atoms with Gasteiger partial charge in [0.1, 0.15) is 0 Å². The van der Waals surface area contributed by atoms with Gasteiger partial charge >= 0.3 is 0 Å². The number of nitrogens with zero attached hydrogens (tertiary/aromatic N) is 2. The van der Waals surface area contributed by atoms with Crippen molar-refractivity contribution < 1.29 is 18.4 Å². The van der Waals surface area contributed by atoms with Gasteiger partial charge in [0, 0.05) is 39.8 Å². The molecule has 1 aliphatic carbocycles. The van der Waals surface area contributed by atoms with Crippen molar-refractivity contribution in [2.24, 2.45) is 4.99 Å². The van der Waals surface area contributed by atoms with E-state index in [9.17, 15) is 18.4 Å². The number of hydrogen-bond donors (Lipinski definition) is 3. The third-order valence-electron chi connectivity index (χ3n) is 6.00. The van der Waals surface area contributed by atoms with Crippen molar-refractivity contribution in [3.63, 3.8) is 0 Å². The molecule has 0 aliphatic heterocycles. The third-order valence-corrected chi connectivity index (χ3v) is 6.24. The first kappa shape index (κ1) is 26.2. The van der Waals surface area contributed by atoms with Gasteiger partial charge in [-0.2, -0.15) is 0 Å². The number of benzene rings is 2. The monoisotopic (exact) mass is 525 g/mol. The fourth-order valence-electron chi connectivity index (χ4n) is 4.10. The average molecular weight is 526 g/mol. The first-order chi connectivity index (χ1) is 17.8. The van der Waals surface area contributed by atoms with Crippen LogP contribution in [0.2, 0.25) is 5.02 Å². The number of aryl methyl sites for hydroxylation is 1. The second-order valence-electron chi connectivity index (χ2n) is 8.86. The number of nitrogens with one attached hydrogen (secondary N) is 3. The van der Waals surface area contributed by atoms with Gasteiger partial charge in [-0.05, 0) is 81.1 Å². The molecular weight excluding hydrogens is 500 g/mol. The lowest BCUT2D eigenvalue weighted by Crippen LogP contribution is -2.40. The average Bonchev–Trinajstić information content (AvgIpc) is 2.87. The zero-order chi connectivity index (χ0) is 26.4. The van der Waals surface area contributed by atoms with E-state index in [1.165, 1.54) is 6.07 Å². The topological polar surface area (TPSA) is 95.5 Å². The van der Waals surface area contributed by atoms with Crippen LogP contribution >= 0.6 is 11.6 Å². The molecule has 1 heterocycles. The van der Waals surface area contributed by atoms with Crippen LogP contribution in [0.15, 0.2) is 65.8 Å². The number of rotatable bonds is 5. The number of aliphatic imine (C=N–C) groups is 1. The molecule has 0 radical (unpaired) electrons. The maximum Gasteiger partial charge on any atom is 0.258 e. The zero-order valence-corrected chi connectivity index (χ0v) is 20.9. The summed E-state index contributed by atoms with van der Waals surface area (Å²) in [6, 6.07) is 13.1. The maximum atomic E-state index is 13.6. The van der Waals surface area contributed by atoms with Gasteiger partial charge in [0.25, 0.3) is 11.8 Å². The summed E-state index contributed by atoms with van der Waals surface area (Å²) < 4.78 is 26.9. The van der Waals surface area contributed by atoms with Gasteiger partial charge in [-0.3, -0.25) is 19.9 Å². The molecule has 1 aromatic heterocycles.